The zero-order valence-corrected chi connectivity index (χ0v) is 35.4. The predicted octanol–water partition coefficient (Wildman–Crippen LogP) is -2.19. The first kappa shape index (κ1) is 44.3. The van der Waals surface area contributed by atoms with Crippen LogP contribution in [0.2, 0.25) is 0 Å². The number of aryl methyl sites for hydroxylation is 3. The maximum absolute atomic E-state index is 13.6. The van der Waals surface area contributed by atoms with E-state index < -0.39 is 60.5 Å². The summed E-state index contributed by atoms with van der Waals surface area (Å²) in [5, 5.41) is 54.7. The van der Waals surface area contributed by atoms with Gasteiger partial charge in [-0.15, -0.1) is 0 Å². The van der Waals surface area contributed by atoms with Gasteiger partial charge in [-0.05, 0) is 86.4 Å². The molecular formula is C38H39N5Na2O9. The second-order valence-electron chi connectivity index (χ2n) is 13.0. The van der Waals surface area contributed by atoms with Crippen molar-refractivity contribution in [1.82, 2.24) is 19.9 Å². The summed E-state index contributed by atoms with van der Waals surface area (Å²) in [7, 11) is 0. The van der Waals surface area contributed by atoms with Crippen molar-refractivity contribution in [2.24, 2.45) is 4.99 Å². The SMILES string of the molecule is C=Cc1c(C)c2cc3nc(c(CC([O-])=N[C@@H](CC(=O)O)C(=O)O)c4nc(cc5[nH]c(cc1[nH]2)c(C)c5CC)C(C)=C4C(=O)O)[C@@H](CCC(=O)[O-])[C@@H]3C.[Na+].[Na+]. The number of allylic oxidation sites excluding steroid dienone is 1. The Hall–Kier alpha value is -4.05. The summed E-state index contributed by atoms with van der Waals surface area (Å²) in [6, 6.07) is 3.63. The second-order valence-corrected chi connectivity index (χ2v) is 13.0. The average Bonchev–Trinajstić information content (AvgIpc) is 3.74. The maximum atomic E-state index is 13.6. The fourth-order valence-electron chi connectivity index (χ4n) is 7.09. The van der Waals surface area contributed by atoms with E-state index in [1.807, 2.05) is 39.8 Å². The van der Waals surface area contributed by atoms with Gasteiger partial charge in [0.25, 0.3) is 0 Å². The van der Waals surface area contributed by atoms with Crippen LogP contribution < -0.4 is 69.3 Å². The molecule has 8 bridgehead atoms. The first-order valence-electron chi connectivity index (χ1n) is 16.8. The van der Waals surface area contributed by atoms with Gasteiger partial charge >= 0.3 is 77.0 Å². The molecule has 16 heteroatoms. The van der Waals surface area contributed by atoms with Gasteiger partial charge in [0.05, 0.1) is 29.1 Å². The molecule has 2 aliphatic rings. The topological polar surface area (TPSA) is 245 Å². The van der Waals surface area contributed by atoms with Gasteiger partial charge in [-0.25, -0.2) is 14.6 Å². The smallest absolute Gasteiger partial charge is 0.862 e. The normalized spacial score (nSPS) is 15.9. The van der Waals surface area contributed by atoms with E-state index in [9.17, 15) is 44.7 Å². The molecule has 14 nitrogen and oxygen atoms in total. The van der Waals surface area contributed by atoms with E-state index in [-0.39, 0.29) is 106 Å². The van der Waals surface area contributed by atoms with Gasteiger partial charge in [-0.1, -0.05) is 26.5 Å². The van der Waals surface area contributed by atoms with Crippen molar-refractivity contribution in [3.63, 3.8) is 0 Å². The van der Waals surface area contributed by atoms with Gasteiger partial charge in [0.15, 0.2) is 6.04 Å². The molecule has 0 fully saturated rings. The molecular weight excluding hydrogens is 716 g/mol. The summed E-state index contributed by atoms with van der Waals surface area (Å²) in [4.78, 5) is 68.1. The first-order valence-corrected chi connectivity index (χ1v) is 16.8. The minimum Gasteiger partial charge on any atom is -0.862 e. The van der Waals surface area contributed by atoms with Crippen LogP contribution in [0.25, 0.3) is 39.3 Å². The minimum atomic E-state index is -1.90. The van der Waals surface area contributed by atoms with E-state index in [4.69, 9.17) is 9.97 Å². The van der Waals surface area contributed by atoms with Crippen LogP contribution in [-0.2, 0) is 32.0 Å². The Bertz CT molecular complexity index is 2270. The summed E-state index contributed by atoms with van der Waals surface area (Å²) < 4.78 is 0. The number of carboxylic acids is 4. The molecule has 2 aliphatic heterocycles. The molecule has 3 aromatic heterocycles. The van der Waals surface area contributed by atoms with Gasteiger partial charge in [-0.2, -0.15) is 0 Å². The molecule has 0 radical (unpaired) electrons. The van der Waals surface area contributed by atoms with Crippen molar-refractivity contribution in [1.29, 1.82) is 0 Å². The Labute approximate surface area is 355 Å². The van der Waals surface area contributed by atoms with Crippen LogP contribution in [0.1, 0.15) is 102 Å². The average molecular weight is 756 g/mol. The molecule has 0 spiro atoms. The molecule has 54 heavy (non-hydrogen) atoms. The number of nitrogens with zero attached hydrogens (tertiary/aromatic N) is 3. The number of rotatable bonds is 12. The van der Waals surface area contributed by atoms with Crippen LogP contribution in [0.15, 0.2) is 29.8 Å². The molecule has 0 unspecified atom stereocenters. The molecule has 0 aromatic carbocycles. The van der Waals surface area contributed by atoms with E-state index >= 15 is 0 Å². The van der Waals surface area contributed by atoms with Crippen LogP contribution in [0.4, 0.5) is 0 Å². The van der Waals surface area contributed by atoms with Crippen molar-refractivity contribution in [2.45, 2.75) is 84.6 Å². The third-order valence-corrected chi connectivity index (χ3v) is 9.89. The largest absolute Gasteiger partial charge is 1.00 e. The van der Waals surface area contributed by atoms with Crippen molar-refractivity contribution in [3.05, 3.63) is 75.4 Å². The van der Waals surface area contributed by atoms with E-state index in [1.165, 1.54) is 0 Å². The molecule has 272 valence electrons. The fraction of sp³-hybridized carbons (Fsp3) is 0.342. The fourth-order valence-corrected chi connectivity index (χ4v) is 7.09. The molecule has 0 saturated carbocycles. The van der Waals surface area contributed by atoms with Gasteiger partial charge in [-0.3, -0.25) is 14.8 Å². The number of aliphatic imine (C=N–C) groups is 1. The number of fused-ring (bicyclic) bond motifs is 8. The van der Waals surface area contributed by atoms with Gasteiger partial charge in [0, 0.05) is 63.1 Å². The number of hydrogen-bond donors (Lipinski definition) is 5. The molecule has 5 heterocycles. The summed E-state index contributed by atoms with van der Waals surface area (Å²) in [6.45, 7) is 13.3. The number of hydrogen-bond acceptors (Lipinski definition) is 9. The van der Waals surface area contributed by atoms with Crippen LogP contribution in [0.3, 0.4) is 0 Å². The third kappa shape index (κ3) is 8.90. The minimum absolute atomic E-state index is 0. The molecule has 5 N–H and O–H groups in total. The predicted molar refractivity (Wildman–Crippen MR) is 190 cm³/mol. The third-order valence-electron chi connectivity index (χ3n) is 9.89. The number of carboxylic acid groups (broad SMARTS) is 4. The van der Waals surface area contributed by atoms with Crippen molar-refractivity contribution < 1.29 is 104 Å². The summed E-state index contributed by atoms with van der Waals surface area (Å²) in [6.07, 6.45) is 0.377. The Morgan fingerprint density at radius 2 is 1.59 bits per heavy atom. The monoisotopic (exact) mass is 755 g/mol. The number of H-pyrrole nitrogens is 2. The number of nitrogens with one attached hydrogen (secondary N) is 2. The molecule has 3 aromatic rings. The molecule has 0 saturated heterocycles. The van der Waals surface area contributed by atoms with Gasteiger partial charge < -0.3 is 40.3 Å². The van der Waals surface area contributed by atoms with E-state index in [0.29, 0.717) is 23.1 Å². The van der Waals surface area contributed by atoms with Crippen molar-refractivity contribution in [3.8, 4) is 0 Å². The zero-order valence-electron chi connectivity index (χ0n) is 31.4. The first-order chi connectivity index (χ1) is 24.6. The number of carbonyl (C=O) groups is 4. The summed E-state index contributed by atoms with van der Waals surface area (Å²) in [5.74, 6) is -7.92. The van der Waals surface area contributed by atoms with Crippen LogP contribution >= 0.6 is 0 Å². The zero-order chi connectivity index (χ0) is 38.2. The maximum Gasteiger partial charge on any atom is 1.00 e. The van der Waals surface area contributed by atoms with E-state index in [2.05, 4.69) is 21.5 Å². The number of carbonyl (C=O) groups excluding carboxylic acids is 1. The Morgan fingerprint density at radius 3 is 2.17 bits per heavy atom. The Balaban J connectivity index is 0.00000392. The quantitative estimate of drug-likeness (QED) is 0.0755. The molecule has 0 amide bonds. The molecule has 0 aliphatic carbocycles. The van der Waals surface area contributed by atoms with Crippen LogP contribution in [-0.4, -0.2) is 71.1 Å². The van der Waals surface area contributed by atoms with Crippen molar-refractivity contribution >= 4 is 69.1 Å². The molecule has 5 rings (SSSR count). The second kappa shape index (κ2) is 18.1. The van der Waals surface area contributed by atoms with Gasteiger partial charge in [0.2, 0.25) is 0 Å². The number of aromatic amines is 2. The Morgan fingerprint density at radius 1 is 0.944 bits per heavy atom. The van der Waals surface area contributed by atoms with Gasteiger partial charge in [0.1, 0.15) is 0 Å². The van der Waals surface area contributed by atoms with E-state index in [1.54, 1.807) is 19.1 Å². The number of aromatic nitrogens is 4. The summed E-state index contributed by atoms with van der Waals surface area (Å²) >= 11 is 0. The van der Waals surface area contributed by atoms with Crippen LogP contribution in [0, 0.1) is 13.8 Å². The van der Waals surface area contributed by atoms with Crippen molar-refractivity contribution in [2.75, 3.05) is 0 Å². The standard InChI is InChI=1S/C38H41N5O9.2Na/c1-7-20-16(3)24-12-26-18(5)22(9-10-32(45)46)35(42-26)23(11-31(44)41-30(37(49)50)15-33(47)48)36-34(38(51)52)19(6)27(43-36)14-29-21(8-2)17(4)25(40-29)13-28(20)39-24;;/h7,12-14,18,22,30,39-40H,1,8-11,15H2,2-6H3,(H,41,44)(H,45,46)(H,47,48)(H,49,50)(H,51,52);;/q;2*+1/p-2/t18-,22-,30-;;/m0../s1. The number of aliphatic carboxylic acids is 4. The molecule has 3 atom stereocenters. The van der Waals surface area contributed by atoms with E-state index in [0.717, 1.165) is 33.3 Å². The van der Waals surface area contributed by atoms with Crippen LogP contribution in [0.5, 0.6) is 0 Å². The summed E-state index contributed by atoms with van der Waals surface area (Å²) in [5.41, 5.74) is 7.62. The Kier molecular flexibility index (Phi) is 14.8.